The summed E-state index contributed by atoms with van der Waals surface area (Å²) >= 11 is 6.04. The molecule has 12 nitrogen and oxygen atoms in total. The minimum atomic E-state index is -3.26. The topological polar surface area (TPSA) is 147 Å². The smallest absolute Gasteiger partial charge is 0.767 e. The van der Waals surface area contributed by atoms with E-state index in [4.69, 9.17) is 22.1 Å². The van der Waals surface area contributed by atoms with E-state index in [1.54, 1.807) is 13.2 Å². The van der Waals surface area contributed by atoms with Crippen molar-refractivity contribution >= 4 is 64.4 Å². The Morgan fingerprint density at radius 2 is 1.41 bits per heavy atom. The normalized spacial score (nSPS) is 15.9. The number of amides is 1. The fraction of sp³-hybridized carbons (Fsp3) is 0.167. The van der Waals surface area contributed by atoms with Gasteiger partial charge >= 0.3 is 34.3 Å². The Balaban J connectivity index is 0.00000504. The number of esters is 2. The number of hydrogen-bond donors (Lipinski definition) is 0. The molecule has 0 bridgehead atoms. The standard InChI is InChI=1S/C36H32N5O7PS.Ag/c1-24(42)48-32(30-22-39(2)38-37-30)31-33(43)40(35(31)50)34(36(44)47-23-25-18-20-26(21-19-25)41(45)46)49(27-12-6-3-7-13-27,28-14-8-4-9-15-28)29-16-10-5-11-17-29;/h3-22,31-32,35,50H,23H2,1-2H3;/q;+1/p-1. The van der Waals surface area contributed by atoms with Gasteiger partial charge in [-0.1, -0.05) is 102 Å². The van der Waals surface area contributed by atoms with E-state index in [-0.39, 0.29) is 45.8 Å². The third-order valence-corrected chi connectivity index (χ3v) is 13.0. The number of rotatable bonds is 11. The van der Waals surface area contributed by atoms with Gasteiger partial charge in [0, 0.05) is 33.0 Å². The van der Waals surface area contributed by atoms with E-state index >= 15 is 0 Å². The number of carbonyl (C=O) groups is 3. The second-order valence-electron chi connectivity index (χ2n) is 11.5. The summed E-state index contributed by atoms with van der Waals surface area (Å²) in [5.74, 6) is -3.04. The maximum atomic E-state index is 14.8. The van der Waals surface area contributed by atoms with Crippen molar-refractivity contribution in [2.45, 2.75) is 25.0 Å². The first-order valence-corrected chi connectivity index (χ1v) is 17.7. The molecule has 3 atom stereocenters. The number of likely N-dealkylation sites (tertiary alicyclic amines) is 1. The van der Waals surface area contributed by atoms with Crippen LogP contribution in [0.4, 0.5) is 5.69 Å². The first kappa shape index (κ1) is 37.5. The van der Waals surface area contributed by atoms with Crippen LogP contribution in [0, 0.1) is 16.0 Å². The Hall–Kier alpha value is -4.78. The molecule has 1 fully saturated rings. The summed E-state index contributed by atoms with van der Waals surface area (Å²) in [6.45, 7) is -2.26. The molecule has 0 aliphatic carbocycles. The minimum absolute atomic E-state index is 0. The van der Waals surface area contributed by atoms with Crippen molar-refractivity contribution in [3.8, 4) is 0 Å². The van der Waals surface area contributed by atoms with Gasteiger partial charge in [-0.3, -0.25) is 24.4 Å². The quantitative estimate of drug-likeness (QED) is 0.0369. The summed E-state index contributed by atoms with van der Waals surface area (Å²) in [6.07, 6.45) is 0.395. The van der Waals surface area contributed by atoms with Gasteiger partial charge in [0.05, 0.1) is 17.0 Å². The van der Waals surface area contributed by atoms with Crippen molar-refractivity contribution < 1.29 is 51.2 Å². The molecule has 0 radical (unpaired) electrons. The Kier molecular flexibility index (Phi) is 11.8. The van der Waals surface area contributed by atoms with Crippen LogP contribution in [-0.4, -0.2) is 53.5 Å². The van der Waals surface area contributed by atoms with E-state index in [2.05, 4.69) is 10.3 Å². The van der Waals surface area contributed by atoms with Gasteiger partial charge in [0.25, 0.3) is 5.69 Å². The number of carbonyl (C=O) groups excluding carboxylic acids is 3. The molecule has 0 spiro atoms. The predicted octanol–water partition coefficient (Wildman–Crippen LogP) is 3.52. The summed E-state index contributed by atoms with van der Waals surface area (Å²) in [4.78, 5) is 53.7. The van der Waals surface area contributed by atoms with E-state index in [1.807, 2.05) is 91.0 Å². The molecule has 2 heterocycles. The third-order valence-electron chi connectivity index (χ3n) is 8.29. The number of aryl methyl sites for hydroxylation is 1. The van der Waals surface area contributed by atoms with Crippen LogP contribution in [0.25, 0.3) is 0 Å². The van der Waals surface area contributed by atoms with Gasteiger partial charge in [0.1, 0.15) is 17.7 Å². The van der Waals surface area contributed by atoms with Crippen LogP contribution in [0.3, 0.4) is 0 Å². The van der Waals surface area contributed by atoms with Gasteiger partial charge in [-0.2, -0.15) is 0 Å². The number of non-ortho nitro benzene ring substituents is 1. The molecule has 1 aliphatic heterocycles. The van der Waals surface area contributed by atoms with E-state index in [1.165, 1.54) is 40.8 Å². The van der Waals surface area contributed by atoms with Crippen molar-refractivity contribution in [1.82, 2.24) is 19.9 Å². The van der Waals surface area contributed by atoms with E-state index in [0.29, 0.717) is 5.56 Å². The third kappa shape index (κ3) is 7.35. The van der Waals surface area contributed by atoms with Crippen molar-refractivity contribution in [2.24, 2.45) is 13.0 Å². The summed E-state index contributed by atoms with van der Waals surface area (Å²) in [5.41, 5.74) is 0.691. The molecule has 3 unspecified atom stereocenters. The van der Waals surface area contributed by atoms with Gasteiger partial charge in [-0.25, -0.2) is 4.79 Å². The van der Waals surface area contributed by atoms with Crippen LogP contribution in [0.15, 0.2) is 121 Å². The van der Waals surface area contributed by atoms with Crippen LogP contribution in [0.1, 0.15) is 24.3 Å². The van der Waals surface area contributed by atoms with Crippen LogP contribution < -0.4 is 15.9 Å². The molecular formula is C36H31AgN5O7PS. The molecule has 264 valence electrons. The molecule has 1 aromatic heterocycles. The Bertz CT molecular complexity index is 2000. The molecule has 5 aromatic rings. The molecule has 0 saturated carbocycles. The fourth-order valence-corrected chi connectivity index (χ4v) is 11.0. The zero-order valence-electron chi connectivity index (χ0n) is 27.2. The number of hydrogen-bond acceptors (Lipinski definition) is 10. The first-order valence-electron chi connectivity index (χ1n) is 15.5. The van der Waals surface area contributed by atoms with Crippen molar-refractivity contribution in [3.63, 3.8) is 0 Å². The van der Waals surface area contributed by atoms with Crippen molar-refractivity contribution in [1.29, 1.82) is 0 Å². The van der Waals surface area contributed by atoms with Gasteiger partial charge in [-0.05, 0) is 33.6 Å². The van der Waals surface area contributed by atoms with Gasteiger partial charge in [0.15, 0.2) is 6.10 Å². The number of benzene rings is 4. The molecule has 0 N–H and O–H groups in total. The van der Waals surface area contributed by atoms with Crippen molar-refractivity contribution in [3.05, 3.63) is 143 Å². The zero-order chi connectivity index (χ0) is 35.4. The molecule has 6 rings (SSSR count). The van der Waals surface area contributed by atoms with Gasteiger partial charge in [-0.15, -0.1) is 5.10 Å². The predicted molar refractivity (Wildman–Crippen MR) is 190 cm³/mol. The van der Waals surface area contributed by atoms with E-state index in [9.17, 15) is 24.5 Å². The van der Waals surface area contributed by atoms with Crippen LogP contribution >= 0.6 is 6.89 Å². The molecule has 4 aromatic carbocycles. The summed E-state index contributed by atoms with van der Waals surface area (Å²) in [7, 11) is 1.65. The average molecular weight is 817 g/mol. The van der Waals surface area contributed by atoms with Crippen molar-refractivity contribution in [2.75, 3.05) is 0 Å². The monoisotopic (exact) mass is 815 g/mol. The van der Waals surface area contributed by atoms with Gasteiger partial charge in [0.2, 0.25) is 5.91 Å². The Labute approximate surface area is 314 Å². The van der Waals surface area contributed by atoms with E-state index < -0.39 is 47.1 Å². The van der Waals surface area contributed by atoms with Crippen LogP contribution in [0.5, 0.6) is 0 Å². The molecular weight excluding hydrogens is 785 g/mol. The number of ether oxygens (including phenoxy) is 2. The molecule has 1 saturated heterocycles. The van der Waals surface area contributed by atoms with Gasteiger partial charge < -0.3 is 27.0 Å². The number of nitro benzene ring substituents is 1. The molecule has 51 heavy (non-hydrogen) atoms. The number of β-lactam (4-membered cyclic amide) rings is 1. The Morgan fingerprint density at radius 3 is 1.82 bits per heavy atom. The maximum absolute atomic E-state index is 14.8. The number of nitro groups is 1. The SMILES string of the molecule is CC(=O)OC(c1cn(C)nn1)C1C(=O)N(C(C(=O)OCc2ccc([N+](=O)[O-])cc2)=P(c2ccccc2)(c2ccccc2)c2ccccc2)C1[S-].[Ag+]. The first-order chi connectivity index (χ1) is 24.1. The fourth-order valence-electron chi connectivity index (χ4n) is 6.08. The molecule has 1 aliphatic rings. The zero-order valence-corrected chi connectivity index (χ0v) is 30.4. The number of aromatic nitrogens is 3. The minimum Gasteiger partial charge on any atom is -0.767 e. The average Bonchev–Trinajstić information content (AvgIpc) is 3.57. The summed E-state index contributed by atoms with van der Waals surface area (Å²) in [5, 5.41) is 20.5. The van der Waals surface area contributed by atoms with Crippen LogP contribution in [0.2, 0.25) is 0 Å². The largest absolute Gasteiger partial charge is 1.00 e. The number of nitrogens with zero attached hydrogens (tertiary/aromatic N) is 5. The second-order valence-corrected chi connectivity index (χ2v) is 15.3. The summed E-state index contributed by atoms with van der Waals surface area (Å²) in [6, 6.07) is 34.0. The maximum Gasteiger partial charge on any atom is 1.00 e. The summed E-state index contributed by atoms with van der Waals surface area (Å²) < 4.78 is 13.0. The second kappa shape index (κ2) is 16.1. The van der Waals surface area contributed by atoms with E-state index in [0.717, 1.165) is 15.9 Å². The molecule has 1 amide bonds. The Morgan fingerprint density at radius 1 is 0.902 bits per heavy atom. The van der Waals surface area contributed by atoms with Crippen LogP contribution in [-0.2, 0) is 72.5 Å². The molecule has 15 heteroatoms.